The molecule has 0 radical (unpaired) electrons. The van der Waals surface area contributed by atoms with Gasteiger partial charge in [-0.25, -0.2) is 4.79 Å². The summed E-state index contributed by atoms with van der Waals surface area (Å²) < 4.78 is 4.80. The van der Waals surface area contributed by atoms with Crippen molar-refractivity contribution in [2.75, 3.05) is 33.9 Å². The predicted molar refractivity (Wildman–Crippen MR) is 59.1 cm³/mol. The third-order valence-corrected chi connectivity index (χ3v) is 2.26. The van der Waals surface area contributed by atoms with E-state index in [-0.39, 0.29) is 18.5 Å². The Hall–Kier alpha value is -1.30. The molecule has 92 valence electrons. The van der Waals surface area contributed by atoms with Crippen LogP contribution in [0.3, 0.4) is 0 Å². The molecule has 6 nitrogen and oxygen atoms in total. The van der Waals surface area contributed by atoms with E-state index in [9.17, 15) is 9.59 Å². The average molecular weight is 229 g/mol. The van der Waals surface area contributed by atoms with Gasteiger partial charge in [-0.2, -0.15) is 0 Å². The minimum Gasteiger partial charge on any atom is -0.383 e. The van der Waals surface area contributed by atoms with Gasteiger partial charge in [0, 0.05) is 26.7 Å². The molecule has 0 aromatic rings. The van der Waals surface area contributed by atoms with Gasteiger partial charge in [-0.3, -0.25) is 4.79 Å². The zero-order valence-corrected chi connectivity index (χ0v) is 9.78. The molecule has 0 aromatic carbocycles. The van der Waals surface area contributed by atoms with Gasteiger partial charge < -0.3 is 20.3 Å². The normalized spacial score (nSPS) is 14.4. The predicted octanol–water partition coefficient (Wildman–Crippen LogP) is -0.447. The summed E-state index contributed by atoms with van der Waals surface area (Å²) in [6.45, 7) is 1.01. The number of nitrogens with zero attached hydrogens (tertiary/aromatic N) is 1. The molecule has 0 aliphatic heterocycles. The molecule has 1 fully saturated rings. The lowest BCUT2D eigenvalue weighted by molar-refractivity contribution is -0.121. The SMILES string of the molecule is COCCNC(=O)CN(C)C(=O)NC1CC1. The Labute approximate surface area is 95.3 Å². The molecule has 0 unspecified atom stereocenters. The summed E-state index contributed by atoms with van der Waals surface area (Å²) in [5.41, 5.74) is 0. The maximum absolute atomic E-state index is 11.5. The summed E-state index contributed by atoms with van der Waals surface area (Å²) in [5, 5.41) is 5.46. The Morgan fingerprint density at radius 2 is 2.12 bits per heavy atom. The van der Waals surface area contributed by atoms with Gasteiger partial charge in [0.15, 0.2) is 0 Å². The molecule has 1 aliphatic carbocycles. The number of carbonyl (C=O) groups is 2. The van der Waals surface area contributed by atoms with Crippen LogP contribution < -0.4 is 10.6 Å². The van der Waals surface area contributed by atoms with Crippen molar-refractivity contribution < 1.29 is 14.3 Å². The Morgan fingerprint density at radius 1 is 1.44 bits per heavy atom. The van der Waals surface area contributed by atoms with Crippen molar-refractivity contribution in [1.82, 2.24) is 15.5 Å². The second-order valence-corrected chi connectivity index (χ2v) is 3.92. The number of rotatable bonds is 6. The van der Waals surface area contributed by atoms with E-state index in [1.165, 1.54) is 4.90 Å². The van der Waals surface area contributed by atoms with Crippen molar-refractivity contribution in [2.24, 2.45) is 0 Å². The number of amides is 3. The molecular formula is C10H19N3O3. The third-order valence-electron chi connectivity index (χ3n) is 2.26. The first-order valence-corrected chi connectivity index (χ1v) is 5.40. The minimum absolute atomic E-state index is 0.0717. The number of carbonyl (C=O) groups excluding carboxylic acids is 2. The molecule has 2 N–H and O–H groups in total. The second-order valence-electron chi connectivity index (χ2n) is 3.92. The van der Waals surface area contributed by atoms with Gasteiger partial charge >= 0.3 is 6.03 Å². The maximum Gasteiger partial charge on any atom is 0.317 e. The molecule has 16 heavy (non-hydrogen) atoms. The van der Waals surface area contributed by atoms with Crippen LogP contribution in [0.15, 0.2) is 0 Å². The molecule has 3 amide bonds. The molecule has 0 heterocycles. The number of urea groups is 1. The molecule has 0 spiro atoms. The number of hydrogen-bond donors (Lipinski definition) is 2. The maximum atomic E-state index is 11.5. The van der Waals surface area contributed by atoms with E-state index >= 15 is 0 Å². The standard InChI is InChI=1S/C10H19N3O3/c1-13(10(15)12-8-3-4-8)7-9(14)11-5-6-16-2/h8H,3-7H2,1-2H3,(H,11,14)(H,12,15). The molecule has 0 bridgehead atoms. The molecule has 1 rings (SSSR count). The van der Waals surface area contributed by atoms with Crippen LogP contribution in [-0.2, 0) is 9.53 Å². The van der Waals surface area contributed by atoms with Crippen molar-refractivity contribution in [3.63, 3.8) is 0 Å². The lowest BCUT2D eigenvalue weighted by Gasteiger charge is -2.17. The van der Waals surface area contributed by atoms with Gasteiger partial charge in [0.05, 0.1) is 6.61 Å². The number of likely N-dealkylation sites (N-methyl/N-ethyl adjacent to an activating group) is 1. The minimum atomic E-state index is -0.190. The Kier molecular flexibility index (Phi) is 5.04. The van der Waals surface area contributed by atoms with Gasteiger partial charge in [0.25, 0.3) is 0 Å². The van der Waals surface area contributed by atoms with E-state index in [1.807, 2.05) is 0 Å². The third kappa shape index (κ3) is 4.97. The van der Waals surface area contributed by atoms with E-state index in [0.29, 0.717) is 19.2 Å². The smallest absolute Gasteiger partial charge is 0.317 e. The number of methoxy groups -OCH3 is 1. The molecule has 0 saturated heterocycles. The molecule has 1 saturated carbocycles. The van der Waals surface area contributed by atoms with Crippen LogP contribution in [0.4, 0.5) is 4.79 Å². The van der Waals surface area contributed by atoms with Crippen LogP contribution in [0, 0.1) is 0 Å². The molecule has 1 aliphatic rings. The highest BCUT2D eigenvalue weighted by Gasteiger charge is 2.25. The van der Waals surface area contributed by atoms with Gasteiger partial charge in [-0.15, -0.1) is 0 Å². The van der Waals surface area contributed by atoms with Crippen LogP contribution in [-0.4, -0.2) is 56.7 Å². The number of hydrogen-bond acceptors (Lipinski definition) is 3. The molecular weight excluding hydrogens is 210 g/mol. The zero-order chi connectivity index (χ0) is 12.0. The summed E-state index contributed by atoms with van der Waals surface area (Å²) in [4.78, 5) is 24.2. The molecule has 0 aromatic heterocycles. The first-order chi connectivity index (χ1) is 7.63. The molecule has 6 heteroatoms. The fourth-order valence-electron chi connectivity index (χ4n) is 1.15. The topological polar surface area (TPSA) is 70.7 Å². The van der Waals surface area contributed by atoms with Crippen LogP contribution in [0.2, 0.25) is 0 Å². The number of nitrogens with one attached hydrogen (secondary N) is 2. The van der Waals surface area contributed by atoms with Crippen molar-refractivity contribution in [2.45, 2.75) is 18.9 Å². The van der Waals surface area contributed by atoms with Gasteiger partial charge in [-0.05, 0) is 12.8 Å². The van der Waals surface area contributed by atoms with Crippen LogP contribution in [0.1, 0.15) is 12.8 Å². The highest BCUT2D eigenvalue weighted by Crippen LogP contribution is 2.18. The van der Waals surface area contributed by atoms with Crippen molar-refractivity contribution in [1.29, 1.82) is 0 Å². The van der Waals surface area contributed by atoms with E-state index in [1.54, 1.807) is 14.2 Å². The van der Waals surface area contributed by atoms with E-state index in [0.717, 1.165) is 12.8 Å². The monoisotopic (exact) mass is 229 g/mol. The van der Waals surface area contributed by atoms with Gasteiger partial charge in [0.2, 0.25) is 5.91 Å². The van der Waals surface area contributed by atoms with Crippen molar-refractivity contribution in [3.05, 3.63) is 0 Å². The van der Waals surface area contributed by atoms with Gasteiger partial charge in [-0.1, -0.05) is 0 Å². The largest absolute Gasteiger partial charge is 0.383 e. The Bertz CT molecular complexity index is 254. The first-order valence-electron chi connectivity index (χ1n) is 5.40. The first kappa shape index (κ1) is 12.8. The van der Waals surface area contributed by atoms with Crippen molar-refractivity contribution >= 4 is 11.9 Å². The quantitative estimate of drug-likeness (QED) is 0.606. The highest BCUT2D eigenvalue weighted by atomic mass is 16.5. The van der Waals surface area contributed by atoms with E-state index in [2.05, 4.69) is 10.6 Å². The average Bonchev–Trinajstić information content (AvgIpc) is 3.02. The van der Waals surface area contributed by atoms with Gasteiger partial charge in [0.1, 0.15) is 6.54 Å². The second kappa shape index (κ2) is 6.32. The fraction of sp³-hybridized carbons (Fsp3) is 0.800. The number of ether oxygens (including phenoxy) is 1. The Balaban J connectivity index is 2.13. The lowest BCUT2D eigenvalue weighted by atomic mass is 10.5. The van der Waals surface area contributed by atoms with Crippen LogP contribution >= 0.6 is 0 Å². The lowest BCUT2D eigenvalue weighted by Crippen LogP contribution is -2.44. The van der Waals surface area contributed by atoms with E-state index < -0.39 is 0 Å². The Morgan fingerprint density at radius 3 is 2.69 bits per heavy atom. The summed E-state index contributed by atoms with van der Waals surface area (Å²) in [6, 6.07) is 0.121. The summed E-state index contributed by atoms with van der Waals surface area (Å²) in [6.07, 6.45) is 2.08. The zero-order valence-electron chi connectivity index (χ0n) is 9.78. The fourth-order valence-corrected chi connectivity index (χ4v) is 1.15. The molecule has 0 atom stereocenters. The summed E-state index contributed by atoms with van der Waals surface area (Å²) >= 11 is 0. The van der Waals surface area contributed by atoms with Crippen molar-refractivity contribution in [3.8, 4) is 0 Å². The summed E-state index contributed by atoms with van der Waals surface area (Å²) in [7, 11) is 3.18. The highest BCUT2D eigenvalue weighted by molar-refractivity contribution is 5.84. The van der Waals surface area contributed by atoms with E-state index in [4.69, 9.17) is 4.74 Å². The van der Waals surface area contributed by atoms with Crippen LogP contribution in [0.25, 0.3) is 0 Å². The van der Waals surface area contributed by atoms with Crippen LogP contribution in [0.5, 0.6) is 0 Å². The summed E-state index contributed by atoms with van der Waals surface area (Å²) in [5.74, 6) is -0.175.